The van der Waals surface area contributed by atoms with Crippen molar-refractivity contribution in [2.24, 2.45) is 17.8 Å². The first-order chi connectivity index (χ1) is 8.97. The Morgan fingerprint density at radius 2 is 1.95 bits per heavy atom. The van der Waals surface area contributed by atoms with Gasteiger partial charge in [0.05, 0.1) is 7.11 Å². The lowest BCUT2D eigenvalue weighted by Gasteiger charge is -2.25. The molecule has 0 saturated heterocycles. The van der Waals surface area contributed by atoms with Crippen LogP contribution in [0.4, 0.5) is 5.82 Å². The van der Waals surface area contributed by atoms with Gasteiger partial charge in [-0.3, -0.25) is 0 Å². The van der Waals surface area contributed by atoms with E-state index in [-0.39, 0.29) is 5.97 Å². The summed E-state index contributed by atoms with van der Waals surface area (Å²) in [6, 6.07) is 3.46. The molecule has 0 aromatic carbocycles. The first kappa shape index (κ1) is 15.5. The average molecular weight is 264 g/mol. The van der Waals surface area contributed by atoms with Crippen molar-refractivity contribution in [3.05, 3.63) is 23.9 Å². The zero-order valence-corrected chi connectivity index (χ0v) is 12.4. The molecule has 4 heteroatoms. The molecule has 1 heterocycles. The average Bonchev–Trinajstić information content (AvgIpc) is 2.37. The number of aromatic nitrogens is 1. The molecule has 0 aliphatic carbocycles. The second-order valence-corrected chi connectivity index (χ2v) is 5.42. The molecule has 4 nitrogen and oxygen atoms in total. The molecule has 0 amide bonds. The van der Waals surface area contributed by atoms with Crippen molar-refractivity contribution in [2.45, 2.75) is 27.7 Å². The maximum absolute atomic E-state index is 11.6. The van der Waals surface area contributed by atoms with Crippen LogP contribution in [0, 0.1) is 17.8 Å². The fourth-order valence-corrected chi connectivity index (χ4v) is 2.28. The van der Waals surface area contributed by atoms with Crippen molar-refractivity contribution in [1.82, 2.24) is 4.98 Å². The monoisotopic (exact) mass is 264 g/mol. The van der Waals surface area contributed by atoms with Crippen LogP contribution in [-0.4, -0.2) is 24.6 Å². The van der Waals surface area contributed by atoms with Gasteiger partial charge in [-0.25, -0.2) is 9.78 Å². The molecular weight excluding hydrogens is 240 g/mol. The lowest BCUT2D eigenvalue weighted by molar-refractivity contribution is 0.0601. The Morgan fingerprint density at radius 1 is 1.32 bits per heavy atom. The molecule has 0 saturated carbocycles. The molecular formula is C15H24N2O2. The van der Waals surface area contributed by atoms with Gasteiger partial charge in [0.2, 0.25) is 0 Å². The van der Waals surface area contributed by atoms with E-state index >= 15 is 0 Å². The van der Waals surface area contributed by atoms with E-state index in [1.54, 1.807) is 18.3 Å². The first-order valence-corrected chi connectivity index (χ1v) is 6.74. The number of nitrogens with one attached hydrogen (secondary N) is 1. The van der Waals surface area contributed by atoms with Crippen LogP contribution in [0.25, 0.3) is 0 Å². The van der Waals surface area contributed by atoms with Crippen molar-refractivity contribution >= 4 is 11.8 Å². The summed E-state index contributed by atoms with van der Waals surface area (Å²) < 4.78 is 4.76. The summed E-state index contributed by atoms with van der Waals surface area (Å²) >= 11 is 0. The number of hydrogen-bond acceptors (Lipinski definition) is 4. The second kappa shape index (κ2) is 7.12. The van der Waals surface area contributed by atoms with Crippen LogP contribution < -0.4 is 5.32 Å². The number of nitrogens with zero attached hydrogens (tertiary/aromatic N) is 1. The lowest BCUT2D eigenvalue weighted by atomic mass is 9.85. The standard InChI is InChI=1S/C15H24N2O2/c1-10(2)13(11(3)4)9-17-14-12(15(18)19-5)7-6-8-16-14/h6-8,10-11,13H,9H2,1-5H3,(H,16,17). The molecule has 0 aliphatic heterocycles. The molecule has 0 bridgehead atoms. The summed E-state index contributed by atoms with van der Waals surface area (Å²) in [6.45, 7) is 9.66. The predicted molar refractivity (Wildman–Crippen MR) is 77.2 cm³/mol. The highest BCUT2D eigenvalue weighted by Gasteiger charge is 2.19. The summed E-state index contributed by atoms with van der Waals surface area (Å²) in [6.07, 6.45) is 1.68. The summed E-state index contributed by atoms with van der Waals surface area (Å²) in [5.74, 6) is 1.94. The normalized spacial score (nSPS) is 11.2. The first-order valence-electron chi connectivity index (χ1n) is 6.74. The molecule has 0 aliphatic rings. The minimum Gasteiger partial charge on any atom is -0.465 e. The minimum atomic E-state index is -0.360. The van der Waals surface area contributed by atoms with Crippen LogP contribution in [0.2, 0.25) is 0 Å². The zero-order valence-electron chi connectivity index (χ0n) is 12.4. The van der Waals surface area contributed by atoms with E-state index < -0.39 is 0 Å². The van der Waals surface area contributed by atoms with E-state index in [0.717, 1.165) is 6.54 Å². The van der Waals surface area contributed by atoms with Gasteiger partial charge in [0.25, 0.3) is 0 Å². The van der Waals surface area contributed by atoms with E-state index in [9.17, 15) is 4.79 Å². The highest BCUT2D eigenvalue weighted by molar-refractivity contribution is 5.94. The molecule has 0 fully saturated rings. The molecule has 1 aromatic rings. The largest absolute Gasteiger partial charge is 0.465 e. The Bertz CT molecular complexity index is 408. The maximum Gasteiger partial charge on any atom is 0.341 e. The minimum absolute atomic E-state index is 0.360. The molecule has 0 spiro atoms. The lowest BCUT2D eigenvalue weighted by Crippen LogP contribution is -2.25. The molecule has 0 unspecified atom stereocenters. The van der Waals surface area contributed by atoms with Gasteiger partial charge in [-0.1, -0.05) is 27.7 Å². The summed E-state index contributed by atoms with van der Waals surface area (Å²) in [7, 11) is 1.38. The fraction of sp³-hybridized carbons (Fsp3) is 0.600. The number of anilines is 1. The molecule has 19 heavy (non-hydrogen) atoms. The summed E-state index contributed by atoms with van der Waals surface area (Å²) in [5.41, 5.74) is 0.483. The number of rotatable bonds is 6. The number of ether oxygens (including phenoxy) is 1. The van der Waals surface area contributed by atoms with E-state index in [2.05, 4.69) is 38.0 Å². The van der Waals surface area contributed by atoms with Crippen molar-refractivity contribution in [1.29, 1.82) is 0 Å². The topological polar surface area (TPSA) is 51.2 Å². The number of methoxy groups -OCH3 is 1. The van der Waals surface area contributed by atoms with Crippen LogP contribution in [-0.2, 0) is 4.74 Å². The van der Waals surface area contributed by atoms with E-state index in [1.165, 1.54) is 7.11 Å². The summed E-state index contributed by atoms with van der Waals surface area (Å²) in [4.78, 5) is 15.9. The number of hydrogen-bond donors (Lipinski definition) is 1. The molecule has 1 aromatic heterocycles. The highest BCUT2D eigenvalue weighted by Crippen LogP contribution is 2.22. The predicted octanol–water partition coefficient (Wildman–Crippen LogP) is 3.21. The van der Waals surface area contributed by atoms with E-state index in [4.69, 9.17) is 4.74 Å². The quantitative estimate of drug-likeness (QED) is 0.802. The molecule has 1 rings (SSSR count). The van der Waals surface area contributed by atoms with Crippen LogP contribution in [0.15, 0.2) is 18.3 Å². The third kappa shape index (κ3) is 4.23. The van der Waals surface area contributed by atoms with Crippen molar-refractivity contribution in [3.63, 3.8) is 0 Å². The maximum atomic E-state index is 11.6. The van der Waals surface area contributed by atoms with Crippen molar-refractivity contribution < 1.29 is 9.53 Å². The summed E-state index contributed by atoms with van der Waals surface area (Å²) in [5, 5.41) is 3.28. The Balaban J connectivity index is 2.80. The van der Waals surface area contributed by atoms with Crippen LogP contribution in [0.3, 0.4) is 0 Å². The number of carbonyl (C=O) groups is 1. The van der Waals surface area contributed by atoms with E-state index in [0.29, 0.717) is 29.1 Å². The molecule has 1 N–H and O–H groups in total. The van der Waals surface area contributed by atoms with Crippen LogP contribution in [0.5, 0.6) is 0 Å². The Morgan fingerprint density at radius 3 is 2.47 bits per heavy atom. The third-order valence-corrected chi connectivity index (χ3v) is 3.43. The number of pyridine rings is 1. The second-order valence-electron chi connectivity index (χ2n) is 5.42. The zero-order chi connectivity index (χ0) is 14.4. The molecule has 0 atom stereocenters. The van der Waals surface area contributed by atoms with Gasteiger partial charge in [0.15, 0.2) is 0 Å². The Hall–Kier alpha value is -1.58. The third-order valence-electron chi connectivity index (χ3n) is 3.43. The number of esters is 1. The van der Waals surface area contributed by atoms with Gasteiger partial charge in [0, 0.05) is 12.7 Å². The fourth-order valence-electron chi connectivity index (χ4n) is 2.28. The van der Waals surface area contributed by atoms with Gasteiger partial charge in [0.1, 0.15) is 11.4 Å². The highest BCUT2D eigenvalue weighted by atomic mass is 16.5. The molecule has 0 radical (unpaired) electrons. The van der Waals surface area contributed by atoms with E-state index in [1.807, 2.05) is 0 Å². The number of carbonyl (C=O) groups excluding carboxylic acids is 1. The Labute approximate surface area is 115 Å². The van der Waals surface area contributed by atoms with Gasteiger partial charge in [-0.15, -0.1) is 0 Å². The van der Waals surface area contributed by atoms with Gasteiger partial charge in [-0.2, -0.15) is 0 Å². The van der Waals surface area contributed by atoms with Gasteiger partial charge in [-0.05, 0) is 29.9 Å². The van der Waals surface area contributed by atoms with Gasteiger partial charge >= 0.3 is 5.97 Å². The smallest absolute Gasteiger partial charge is 0.341 e. The van der Waals surface area contributed by atoms with Gasteiger partial charge < -0.3 is 10.1 Å². The molecule has 106 valence electrons. The van der Waals surface area contributed by atoms with Crippen molar-refractivity contribution in [3.8, 4) is 0 Å². The Kier molecular flexibility index (Phi) is 5.80. The van der Waals surface area contributed by atoms with Crippen LogP contribution in [0.1, 0.15) is 38.1 Å². The van der Waals surface area contributed by atoms with Crippen LogP contribution >= 0.6 is 0 Å². The van der Waals surface area contributed by atoms with Crippen molar-refractivity contribution in [2.75, 3.05) is 19.0 Å². The SMILES string of the molecule is COC(=O)c1cccnc1NCC(C(C)C)C(C)C.